The fourth-order valence-electron chi connectivity index (χ4n) is 7.19. The Hall–Kier alpha value is -4.53. The van der Waals surface area contributed by atoms with Crippen molar-refractivity contribution in [2.75, 3.05) is 20.7 Å². The number of cyclic esters (lactones) is 2. The van der Waals surface area contributed by atoms with Crippen molar-refractivity contribution in [2.24, 2.45) is 17.8 Å². The number of ketones is 1. The van der Waals surface area contributed by atoms with E-state index in [-0.39, 0.29) is 37.6 Å². The van der Waals surface area contributed by atoms with Crippen LogP contribution in [0.1, 0.15) is 99.0 Å². The van der Waals surface area contributed by atoms with Gasteiger partial charge < -0.3 is 39.8 Å². The van der Waals surface area contributed by atoms with E-state index in [1.54, 1.807) is 52.0 Å². The number of ether oxygens (including phenoxy) is 3. The summed E-state index contributed by atoms with van der Waals surface area (Å²) < 4.78 is 16.6. The number of hydrogen-bond donors (Lipinski definition) is 3. The maximum Gasteiger partial charge on any atom is 0.329 e. The third kappa shape index (κ3) is 12.8. The number of carbonyl (C=O) groups excluding carboxylic acids is 7. The number of aliphatic hydroxyl groups is 1. The fourth-order valence-corrected chi connectivity index (χ4v) is 7.19. The smallest absolute Gasteiger partial charge is 0.329 e. The summed E-state index contributed by atoms with van der Waals surface area (Å²) in [7, 11) is 3.01. The topological polar surface area (TPSA) is 198 Å². The van der Waals surface area contributed by atoms with Gasteiger partial charge in [-0.15, -0.1) is 0 Å². The van der Waals surface area contributed by atoms with Crippen LogP contribution in [0.2, 0.25) is 0 Å². The van der Waals surface area contributed by atoms with Crippen LogP contribution >= 0.6 is 0 Å². The van der Waals surface area contributed by atoms with Crippen LogP contribution < -0.4 is 15.4 Å². The van der Waals surface area contributed by atoms with Crippen molar-refractivity contribution >= 4 is 41.4 Å². The maximum atomic E-state index is 14.3. The van der Waals surface area contributed by atoms with Crippen molar-refractivity contribution in [3.63, 3.8) is 0 Å². The number of nitrogens with zero attached hydrogens (tertiary/aromatic N) is 2. The number of methoxy groups -OCH3 is 1. The van der Waals surface area contributed by atoms with E-state index in [0.29, 0.717) is 30.6 Å². The molecule has 2 saturated heterocycles. The highest BCUT2D eigenvalue weighted by Gasteiger charge is 2.42. The predicted octanol–water partition coefficient (Wildman–Crippen LogP) is 2.73. The van der Waals surface area contributed by atoms with Gasteiger partial charge in [0, 0.05) is 20.0 Å². The summed E-state index contributed by atoms with van der Waals surface area (Å²) >= 11 is 0. The minimum Gasteiger partial charge on any atom is -0.497 e. The minimum absolute atomic E-state index is 0.0518. The number of hydrogen-bond acceptors (Lipinski definition) is 11. The van der Waals surface area contributed by atoms with Gasteiger partial charge in [-0.1, -0.05) is 60.1 Å². The van der Waals surface area contributed by atoms with Crippen LogP contribution in [-0.2, 0) is 49.5 Å². The lowest BCUT2D eigenvalue weighted by Gasteiger charge is -2.34. The molecule has 0 spiro atoms. The van der Waals surface area contributed by atoms with Gasteiger partial charge in [0.25, 0.3) is 0 Å². The Morgan fingerprint density at radius 1 is 0.911 bits per heavy atom. The van der Waals surface area contributed by atoms with Crippen LogP contribution in [0.25, 0.3) is 0 Å². The molecule has 2 aliphatic rings. The summed E-state index contributed by atoms with van der Waals surface area (Å²) in [5, 5.41) is 16.6. The summed E-state index contributed by atoms with van der Waals surface area (Å²) in [6, 6.07) is 2.95. The van der Waals surface area contributed by atoms with Gasteiger partial charge >= 0.3 is 11.9 Å². The number of nitrogens with one attached hydrogen (secondary N) is 2. The number of rotatable bonds is 8. The standard InChI is InChI=1S/C41H62N4O11/c1-10-25(6)37-32(46)22-36(50)56-38(24(4)5)33(47)21-35(49)42-29(18-23(2)3)39(51)45-17-11-12-30(45)40(52)44(8)31(20-27-13-15-28(54-9)16-14-27)41(53)55-26(7)19-34(48)43-37/h13-16,23-26,29-32,37-38,46H,10-12,17-22H2,1-9H3,(H,42,49)(H,43,48)/t25?,26-,29?,30+,31+,32+,37?,38?/m1/s1. The van der Waals surface area contributed by atoms with Crippen LogP contribution in [0, 0.1) is 17.8 Å². The van der Waals surface area contributed by atoms with Crippen LogP contribution in [-0.4, -0.2) is 119 Å². The second-order valence-corrected chi connectivity index (χ2v) is 16.0. The van der Waals surface area contributed by atoms with Gasteiger partial charge in [-0.05, 0) is 61.6 Å². The molecule has 0 radical (unpaired) electrons. The molecule has 0 saturated carbocycles. The third-order valence-electron chi connectivity index (χ3n) is 10.5. The van der Waals surface area contributed by atoms with Crippen molar-refractivity contribution in [2.45, 2.75) is 142 Å². The van der Waals surface area contributed by atoms with E-state index in [0.717, 1.165) is 0 Å². The summed E-state index contributed by atoms with van der Waals surface area (Å²) in [6.07, 6.45) is -3.51. The highest BCUT2D eigenvalue weighted by Crippen LogP contribution is 2.25. The second kappa shape index (κ2) is 21.1. The molecule has 2 aliphatic heterocycles. The molecule has 56 heavy (non-hydrogen) atoms. The number of esters is 2. The number of carbonyl (C=O) groups is 7. The van der Waals surface area contributed by atoms with Crippen molar-refractivity contribution in [3.8, 4) is 5.75 Å². The number of aliphatic hydroxyl groups excluding tert-OH is 1. The Bertz CT molecular complexity index is 1550. The van der Waals surface area contributed by atoms with E-state index < -0.39 is 103 Å². The lowest BCUT2D eigenvalue weighted by atomic mass is 9.92. The predicted molar refractivity (Wildman–Crippen MR) is 206 cm³/mol. The van der Waals surface area contributed by atoms with Crippen LogP contribution in [0.5, 0.6) is 5.75 Å². The molecule has 1 aromatic rings. The van der Waals surface area contributed by atoms with Gasteiger partial charge in [0.05, 0.1) is 38.5 Å². The zero-order chi connectivity index (χ0) is 41.9. The molecule has 15 nitrogen and oxygen atoms in total. The molecular weight excluding hydrogens is 724 g/mol. The molecule has 0 aromatic heterocycles. The van der Waals surface area contributed by atoms with Gasteiger partial charge in [-0.3, -0.25) is 28.8 Å². The SMILES string of the molecule is CCC(C)C1NC(=O)C[C@@H](C)OC(=O)[C@H](Cc2ccc(OC)cc2)N(C)C(=O)[C@@H]2CCCN2C(=O)C(CC(C)C)NC(=O)CC(=O)C(C(C)C)OC(=O)C[C@@H]1O. The van der Waals surface area contributed by atoms with Gasteiger partial charge in [0.2, 0.25) is 23.6 Å². The van der Waals surface area contributed by atoms with E-state index in [9.17, 15) is 38.7 Å². The zero-order valence-corrected chi connectivity index (χ0v) is 34.4. The average molecular weight is 787 g/mol. The monoisotopic (exact) mass is 786 g/mol. The first-order chi connectivity index (χ1) is 26.4. The maximum absolute atomic E-state index is 14.3. The largest absolute Gasteiger partial charge is 0.497 e. The van der Waals surface area contributed by atoms with Crippen molar-refractivity contribution in [1.82, 2.24) is 20.4 Å². The molecule has 2 fully saturated rings. The Labute approximate surface area is 330 Å². The molecule has 3 N–H and O–H groups in total. The highest BCUT2D eigenvalue weighted by molar-refractivity contribution is 6.02. The number of fused-ring (bicyclic) bond motifs is 1. The van der Waals surface area contributed by atoms with Gasteiger partial charge in [-0.25, -0.2) is 4.79 Å². The third-order valence-corrected chi connectivity index (χ3v) is 10.5. The first kappa shape index (κ1) is 45.9. The van der Waals surface area contributed by atoms with E-state index in [1.807, 2.05) is 20.8 Å². The van der Waals surface area contributed by atoms with Crippen molar-refractivity contribution in [3.05, 3.63) is 29.8 Å². The van der Waals surface area contributed by atoms with Crippen LogP contribution in [0.4, 0.5) is 0 Å². The summed E-state index contributed by atoms with van der Waals surface area (Å²) in [5.41, 5.74) is 0.701. The Morgan fingerprint density at radius 3 is 2.16 bits per heavy atom. The fraction of sp³-hybridized carbons (Fsp3) is 0.683. The first-order valence-corrected chi connectivity index (χ1v) is 19.8. The lowest BCUT2D eigenvalue weighted by Crippen LogP contribution is -2.56. The first-order valence-electron chi connectivity index (χ1n) is 19.8. The van der Waals surface area contributed by atoms with E-state index in [2.05, 4.69) is 10.6 Å². The summed E-state index contributed by atoms with van der Waals surface area (Å²) in [5.74, 6) is -4.87. The van der Waals surface area contributed by atoms with Gasteiger partial charge in [0.15, 0.2) is 11.9 Å². The molecule has 0 bridgehead atoms. The van der Waals surface area contributed by atoms with Gasteiger partial charge in [-0.2, -0.15) is 0 Å². The summed E-state index contributed by atoms with van der Waals surface area (Å²) in [4.78, 5) is 98.3. The molecule has 1 aromatic carbocycles. The quantitative estimate of drug-likeness (QED) is 0.259. The molecule has 2 heterocycles. The second-order valence-electron chi connectivity index (χ2n) is 16.0. The molecule has 4 amide bonds. The normalized spacial score (nSPS) is 27.7. The van der Waals surface area contributed by atoms with Crippen LogP contribution in [0.15, 0.2) is 24.3 Å². The molecule has 4 unspecified atom stereocenters. The lowest BCUT2D eigenvalue weighted by molar-refractivity contribution is -0.161. The Morgan fingerprint density at radius 2 is 1.57 bits per heavy atom. The number of Topliss-reactive ketones (excluding diaryl/α,β-unsaturated/α-hetero) is 1. The number of benzene rings is 1. The molecule has 0 aliphatic carbocycles. The van der Waals surface area contributed by atoms with Crippen molar-refractivity contribution < 1.29 is 52.9 Å². The van der Waals surface area contributed by atoms with E-state index in [4.69, 9.17) is 14.2 Å². The van der Waals surface area contributed by atoms with Gasteiger partial charge in [0.1, 0.15) is 30.0 Å². The minimum atomic E-state index is -1.39. The van der Waals surface area contributed by atoms with Crippen LogP contribution in [0.3, 0.4) is 0 Å². The Kier molecular flexibility index (Phi) is 17.3. The average Bonchev–Trinajstić information content (AvgIpc) is 3.63. The Balaban J connectivity index is 2.04. The van der Waals surface area contributed by atoms with E-state index in [1.165, 1.54) is 24.0 Å². The molecular formula is C41H62N4O11. The van der Waals surface area contributed by atoms with E-state index >= 15 is 0 Å². The molecule has 3 rings (SSSR count). The number of amides is 4. The highest BCUT2D eigenvalue weighted by atomic mass is 16.6. The molecule has 8 atom stereocenters. The van der Waals surface area contributed by atoms with Crippen molar-refractivity contribution in [1.29, 1.82) is 0 Å². The summed E-state index contributed by atoms with van der Waals surface area (Å²) in [6.45, 7) is 12.5. The number of likely N-dealkylation sites (N-methyl/N-ethyl adjacent to an activating group) is 1. The molecule has 15 heteroatoms. The molecule has 312 valence electrons. The zero-order valence-electron chi connectivity index (χ0n) is 34.4.